The molecular formula is C20H23NO3. The number of hydrogen-bond acceptors (Lipinski definition) is 4. The molecule has 0 aromatic heterocycles. The Morgan fingerprint density at radius 3 is 2.62 bits per heavy atom. The molecule has 0 fully saturated rings. The number of rotatable bonds is 5. The van der Waals surface area contributed by atoms with Crippen molar-refractivity contribution in [2.45, 2.75) is 13.0 Å². The highest BCUT2D eigenvalue weighted by molar-refractivity contribution is 5.87. The third-order valence-electron chi connectivity index (χ3n) is 4.25. The number of anilines is 1. The van der Waals surface area contributed by atoms with E-state index in [1.807, 2.05) is 18.2 Å². The van der Waals surface area contributed by atoms with Gasteiger partial charge in [0.2, 0.25) is 0 Å². The lowest BCUT2D eigenvalue weighted by atomic mass is 9.90. The van der Waals surface area contributed by atoms with Gasteiger partial charge in [-0.15, -0.1) is 0 Å². The molecule has 2 aromatic rings. The number of nitrogens with two attached hydrogens (primary N) is 1. The maximum atomic E-state index is 6.25. The minimum atomic E-state index is 0.588. The summed E-state index contributed by atoms with van der Waals surface area (Å²) in [5.41, 5.74) is 12.7. The molecule has 2 N–H and O–H groups in total. The fraction of sp³-hybridized carbons (Fsp3) is 0.300. The van der Waals surface area contributed by atoms with Gasteiger partial charge in [0.15, 0.2) is 0 Å². The number of benzene rings is 2. The number of methoxy groups -OCH3 is 2. The Morgan fingerprint density at radius 2 is 1.92 bits per heavy atom. The Hall–Kier alpha value is -2.30. The van der Waals surface area contributed by atoms with E-state index in [0.717, 1.165) is 41.2 Å². The summed E-state index contributed by atoms with van der Waals surface area (Å²) in [6.07, 6.45) is 3.04. The third kappa shape index (κ3) is 3.45. The van der Waals surface area contributed by atoms with Crippen molar-refractivity contribution in [2.75, 3.05) is 33.2 Å². The topological polar surface area (TPSA) is 53.7 Å². The molecule has 2 aromatic carbocycles. The zero-order chi connectivity index (χ0) is 16.9. The first kappa shape index (κ1) is 16.6. The van der Waals surface area contributed by atoms with Gasteiger partial charge in [0.1, 0.15) is 5.75 Å². The summed E-state index contributed by atoms with van der Waals surface area (Å²) in [5.74, 6) is 0.798. The van der Waals surface area contributed by atoms with Crippen molar-refractivity contribution in [3.8, 4) is 16.9 Å². The number of hydrogen-bond donors (Lipinski definition) is 1. The lowest BCUT2D eigenvalue weighted by Crippen LogP contribution is -2.05. The first-order valence-corrected chi connectivity index (χ1v) is 8.06. The summed E-state index contributed by atoms with van der Waals surface area (Å²) in [6.45, 7) is 1.98. The van der Waals surface area contributed by atoms with Crippen LogP contribution in [-0.2, 0) is 16.1 Å². The molecule has 0 aliphatic carbocycles. The van der Waals surface area contributed by atoms with E-state index in [1.165, 1.54) is 11.1 Å². The van der Waals surface area contributed by atoms with E-state index in [4.69, 9.17) is 19.9 Å². The van der Waals surface area contributed by atoms with Crippen molar-refractivity contribution in [3.63, 3.8) is 0 Å². The van der Waals surface area contributed by atoms with Crippen LogP contribution in [0.3, 0.4) is 0 Å². The van der Waals surface area contributed by atoms with Crippen LogP contribution in [0.4, 0.5) is 5.69 Å². The van der Waals surface area contributed by atoms with Crippen LogP contribution in [0, 0.1) is 0 Å². The molecule has 24 heavy (non-hydrogen) atoms. The Morgan fingerprint density at radius 1 is 1.04 bits per heavy atom. The summed E-state index contributed by atoms with van der Waals surface area (Å²) < 4.78 is 16.1. The van der Waals surface area contributed by atoms with Gasteiger partial charge in [-0.3, -0.25) is 0 Å². The summed E-state index contributed by atoms with van der Waals surface area (Å²) in [7, 11) is 3.38. The predicted octanol–water partition coefficient (Wildman–Crippen LogP) is 3.89. The van der Waals surface area contributed by atoms with Crippen molar-refractivity contribution in [3.05, 3.63) is 53.6 Å². The van der Waals surface area contributed by atoms with Gasteiger partial charge in [-0.2, -0.15) is 0 Å². The normalized spacial score (nSPS) is 14.3. The van der Waals surface area contributed by atoms with E-state index in [2.05, 4.69) is 24.3 Å². The number of ether oxygens (including phenoxy) is 3. The molecule has 0 unspecified atom stereocenters. The first-order valence-electron chi connectivity index (χ1n) is 8.06. The highest BCUT2D eigenvalue weighted by atomic mass is 16.5. The molecule has 126 valence electrons. The van der Waals surface area contributed by atoms with Gasteiger partial charge in [0.05, 0.1) is 26.9 Å². The molecule has 0 saturated carbocycles. The van der Waals surface area contributed by atoms with Crippen LogP contribution in [0.15, 0.2) is 42.5 Å². The summed E-state index contributed by atoms with van der Waals surface area (Å²) >= 11 is 0. The first-order chi connectivity index (χ1) is 11.7. The molecule has 0 bridgehead atoms. The van der Waals surface area contributed by atoms with E-state index < -0.39 is 0 Å². The Bertz CT molecular complexity index is 753. The summed E-state index contributed by atoms with van der Waals surface area (Å²) in [4.78, 5) is 0. The largest absolute Gasteiger partial charge is 0.497 e. The van der Waals surface area contributed by atoms with Gasteiger partial charge in [-0.25, -0.2) is 0 Å². The lowest BCUT2D eigenvalue weighted by Gasteiger charge is -2.19. The quantitative estimate of drug-likeness (QED) is 0.847. The third-order valence-corrected chi connectivity index (χ3v) is 4.25. The molecule has 1 heterocycles. The van der Waals surface area contributed by atoms with Crippen LogP contribution < -0.4 is 10.5 Å². The molecule has 4 nitrogen and oxygen atoms in total. The van der Waals surface area contributed by atoms with E-state index in [9.17, 15) is 0 Å². The monoisotopic (exact) mass is 325 g/mol. The van der Waals surface area contributed by atoms with Gasteiger partial charge in [0.25, 0.3) is 0 Å². The maximum absolute atomic E-state index is 6.25. The second-order valence-corrected chi connectivity index (χ2v) is 5.82. The predicted molar refractivity (Wildman–Crippen MR) is 97.0 cm³/mol. The zero-order valence-corrected chi connectivity index (χ0v) is 14.2. The van der Waals surface area contributed by atoms with Crippen molar-refractivity contribution < 1.29 is 14.2 Å². The fourth-order valence-electron chi connectivity index (χ4n) is 3.02. The van der Waals surface area contributed by atoms with Crippen LogP contribution in [0.1, 0.15) is 17.5 Å². The van der Waals surface area contributed by atoms with Gasteiger partial charge < -0.3 is 19.9 Å². The van der Waals surface area contributed by atoms with Crippen LogP contribution >= 0.6 is 0 Å². The molecule has 1 aliphatic heterocycles. The minimum Gasteiger partial charge on any atom is -0.497 e. The van der Waals surface area contributed by atoms with Gasteiger partial charge in [-0.05, 0) is 52.9 Å². The average Bonchev–Trinajstić information content (AvgIpc) is 2.63. The minimum absolute atomic E-state index is 0.588. The van der Waals surface area contributed by atoms with Crippen LogP contribution in [-0.4, -0.2) is 27.4 Å². The zero-order valence-electron chi connectivity index (χ0n) is 14.2. The highest BCUT2D eigenvalue weighted by Crippen LogP contribution is 2.37. The van der Waals surface area contributed by atoms with E-state index >= 15 is 0 Å². The van der Waals surface area contributed by atoms with Crippen LogP contribution in [0.5, 0.6) is 5.75 Å². The number of nitrogen functional groups attached to an aromatic ring is 1. The second-order valence-electron chi connectivity index (χ2n) is 5.82. The molecular weight excluding hydrogens is 302 g/mol. The molecule has 0 saturated heterocycles. The summed E-state index contributed by atoms with van der Waals surface area (Å²) in [6, 6.07) is 12.1. The van der Waals surface area contributed by atoms with Gasteiger partial charge in [-0.1, -0.05) is 18.2 Å². The van der Waals surface area contributed by atoms with E-state index in [-0.39, 0.29) is 0 Å². The molecule has 4 heteroatoms. The smallest absolute Gasteiger partial charge is 0.119 e. The second kappa shape index (κ2) is 7.51. The van der Waals surface area contributed by atoms with Gasteiger partial charge >= 0.3 is 0 Å². The molecule has 3 rings (SSSR count). The van der Waals surface area contributed by atoms with Crippen LogP contribution in [0.25, 0.3) is 16.7 Å². The van der Waals surface area contributed by atoms with Crippen LogP contribution in [0.2, 0.25) is 0 Å². The molecule has 1 aliphatic rings. The maximum Gasteiger partial charge on any atom is 0.119 e. The van der Waals surface area contributed by atoms with Crippen molar-refractivity contribution in [1.82, 2.24) is 0 Å². The highest BCUT2D eigenvalue weighted by Gasteiger charge is 2.15. The van der Waals surface area contributed by atoms with Crippen molar-refractivity contribution >= 4 is 11.3 Å². The molecule has 0 atom stereocenters. The van der Waals surface area contributed by atoms with Crippen molar-refractivity contribution in [2.24, 2.45) is 0 Å². The van der Waals surface area contributed by atoms with Crippen molar-refractivity contribution in [1.29, 1.82) is 0 Å². The molecule has 0 spiro atoms. The summed E-state index contributed by atoms with van der Waals surface area (Å²) in [5, 5.41) is 0. The molecule has 0 amide bonds. The Labute approximate surface area is 142 Å². The molecule has 0 radical (unpaired) electrons. The Kier molecular flexibility index (Phi) is 5.18. The Balaban J connectivity index is 2.14. The average molecular weight is 325 g/mol. The standard InChI is InChI=1S/C20H23NO3/c1-22-13-14-3-5-17(18(11-14)15-7-9-24-10-8-15)19-12-16(23-2)4-6-20(19)21/h3-7,11-12H,8-10,13,21H2,1-2H3. The van der Waals surface area contributed by atoms with Gasteiger partial charge in [0, 0.05) is 18.4 Å². The lowest BCUT2D eigenvalue weighted by molar-refractivity contribution is 0.161. The van der Waals surface area contributed by atoms with E-state index in [1.54, 1.807) is 14.2 Å². The SMILES string of the molecule is COCc1ccc(-c2cc(OC)ccc2N)c(C2=CCOCC2)c1. The van der Waals surface area contributed by atoms with E-state index in [0.29, 0.717) is 13.2 Å². The fourth-order valence-corrected chi connectivity index (χ4v) is 3.02.